The van der Waals surface area contributed by atoms with Crippen molar-refractivity contribution in [1.82, 2.24) is 9.47 Å². The van der Waals surface area contributed by atoms with Crippen LogP contribution in [-0.2, 0) is 17.9 Å². The Kier molecular flexibility index (Phi) is 5.39. The number of rotatable bonds is 7. The van der Waals surface area contributed by atoms with Gasteiger partial charge in [0.25, 0.3) is 0 Å². The van der Waals surface area contributed by atoms with Gasteiger partial charge in [-0.25, -0.2) is 0 Å². The Morgan fingerprint density at radius 1 is 1.00 bits per heavy atom. The van der Waals surface area contributed by atoms with Crippen molar-refractivity contribution in [1.29, 1.82) is 0 Å². The number of ether oxygens (including phenoxy) is 1. The van der Waals surface area contributed by atoms with Crippen LogP contribution in [0.25, 0.3) is 10.9 Å². The lowest BCUT2D eigenvalue weighted by Gasteiger charge is -2.19. The van der Waals surface area contributed by atoms with Crippen LogP contribution in [0.15, 0.2) is 60.8 Å². The molecule has 1 amide bonds. The lowest BCUT2D eigenvalue weighted by Crippen LogP contribution is -2.33. The van der Waals surface area contributed by atoms with Gasteiger partial charge in [0.05, 0.1) is 5.52 Å². The molecular weight excluding hydrogens is 312 g/mol. The molecule has 130 valence electrons. The fourth-order valence-electron chi connectivity index (χ4n) is 3.02. The van der Waals surface area contributed by atoms with E-state index in [1.165, 1.54) is 0 Å². The van der Waals surface area contributed by atoms with E-state index in [0.29, 0.717) is 13.2 Å². The van der Waals surface area contributed by atoms with Gasteiger partial charge in [-0.1, -0.05) is 36.4 Å². The van der Waals surface area contributed by atoms with E-state index in [2.05, 4.69) is 0 Å². The van der Waals surface area contributed by atoms with Crippen molar-refractivity contribution in [2.24, 2.45) is 0 Å². The maximum Gasteiger partial charge on any atom is 0.242 e. The second-order valence-electron chi connectivity index (χ2n) is 5.97. The van der Waals surface area contributed by atoms with Gasteiger partial charge in [0, 0.05) is 24.7 Å². The van der Waals surface area contributed by atoms with E-state index < -0.39 is 0 Å². The number of likely N-dealkylation sites (N-methyl/N-ethyl adjacent to an activating group) is 1. The van der Waals surface area contributed by atoms with Crippen LogP contribution in [0.4, 0.5) is 0 Å². The molecule has 3 rings (SSSR count). The van der Waals surface area contributed by atoms with Gasteiger partial charge in [0.2, 0.25) is 5.91 Å². The minimum Gasteiger partial charge on any atom is -0.488 e. The summed E-state index contributed by atoms with van der Waals surface area (Å²) in [6.45, 7) is 6.37. The molecule has 0 saturated carbocycles. The van der Waals surface area contributed by atoms with Crippen LogP contribution in [0.2, 0.25) is 0 Å². The molecule has 0 radical (unpaired) electrons. The number of fused-ring (bicyclic) bond motifs is 1. The number of hydrogen-bond acceptors (Lipinski definition) is 2. The number of aromatic nitrogens is 1. The first-order chi connectivity index (χ1) is 12.2. The average Bonchev–Trinajstić information content (AvgIpc) is 3.05. The molecule has 0 fully saturated rings. The molecule has 0 saturated heterocycles. The van der Waals surface area contributed by atoms with Crippen molar-refractivity contribution in [3.63, 3.8) is 0 Å². The van der Waals surface area contributed by atoms with Gasteiger partial charge in [-0.15, -0.1) is 0 Å². The van der Waals surface area contributed by atoms with E-state index in [9.17, 15) is 4.79 Å². The van der Waals surface area contributed by atoms with Gasteiger partial charge in [-0.2, -0.15) is 0 Å². The third kappa shape index (κ3) is 3.85. The average molecular weight is 336 g/mol. The summed E-state index contributed by atoms with van der Waals surface area (Å²) in [7, 11) is 0. The molecule has 0 unspecified atom stereocenters. The molecule has 2 aromatic carbocycles. The zero-order valence-corrected chi connectivity index (χ0v) is 14.8. The molecule has 1 aromatic heterocycles. The molecule has 3 aromatic rings. The highest BCUT2D eigenvalue weighted by Gasteiger charge is 2.13. The second-order valence-corrected chi connectivity index (χ2v) is 5.97. The van der Waals surface area contributed by atoms with Crippen molar-refractivity contribution in [2.75, 3.05) is 13.1 Å². The molecule has 0 atom stereocenters. The van der Waals surface area contributed by atoms with Crippen LogP contribution < -0.4 is 4.74 Å². The molecule has 0 spiro atoms. The topological polar surface area (TPSA) is 34.5 Å². The number of nitrogens with zero attached hydrogens (tertiary/aromatic N) is 2. The molecule has 0 aliphatic rings. The molecule has 0 aliphatic carbocycles. The maximum absolute atomic E-state index is 12.4. The summed E-state index contributed by atoms with van der Waals surface area (Å²) in [6.07, 6.45) is 1.96. The van der Waals surface area contributed by atoms with Crippen molar-refractivity contribution in [3.05, 3.63) is 66.4 Å². The summed E-state index contributed by atoms with van der Waals surface area (Å²) in [5.41, 5.74) is 2.15. The Morgan fingerprint density at radius 2 is 1.76 bits per heavy atom. The SMILES string of the molecule is CCN(CC)C(=O)Cn1ccc2c(OCc3ccccc3)cccc21. The van der Waals surface area contributed by atoms with Crippen LogP contribution in [0.5, 0.6) is 5.75 Å². The number of carbonyl (C=O) groups excluding carboxylic acids is 1. The van der Waals surface area contributed by atoms with E-state index in [1.807, 2.05) is 84.1 Å². The van der Waals surface area contributed by atoms with Gasteiger partial charge in [-0.3, -0.25) is 4.79 Å². The van der Waals surface area contributed by atoms with E-state index in [0.717, 1.165) is 35.3 Å². The minimum atomic E-state index is 0.137. The number of carbonyl (C=O) groups is 1. The zero-order valence-electron chi connectivity index (χ0n) is 14.8. The molecule has 25 heavy (non-hydrogen) atoms. The Hall–Kier alpha value is -2.75. The van der Waals surface area contributed by atoms with Crippen molar-refractivity contribution in [2.45, 2.75) is 27.0 Å². The maximum atomic E-state index is 12.4. The third-order valence-electron chi connectivity index (χ3n) is 4.43. The molecule has 0 bridgehead atoms. The molecule has 1 heterocycles. The second kappa shape index (κ2) is 7.88. The minimum absolute atomic E-state index is 0.137. The van der Waals surface area contributed by atoms with Crippen LogP contribution >= 0.6 is 0 Å². The first kappa shape index (κ1) is 17.1. The normalized spacial score (nSPS) is 10.8. The van der Waals surface area contributed by atoms with Gasteiger partial charge >= 0.3 is 0 Å². The number of hydrogen-bond donors (Lipinski definition) is 0. The molecule has 0 N–H and O–H groups in total. The first-order valence-corrected chi connectivity index (χ1v) is 8.75. The smallest absolute Gasteiger partial charge is 0.242 e. The van der Waals surface area contributed by atoms with Gasteiger partial charge in [0.15, 0.2) is 0 Å². The molecule has 0 aliphatic heterocycles. The first-order valence-electron chi connectivity index (χ1n) is 8.75. The van der Waals surface area contributed by atoms with Crippen LogP contribution in [-0.4, -0.2) is 28.5 Å². The predicted octanol–water partition coefficient (Wildman–Crippen LogP) is 4.09. The standard InChI is InChI=1S/C21H24N2O2/c1-3-22(4-2)21(24)15-23-14-13-18-19(23)11-8-12-20(18)25-16-17-9-6-5-7-10-17/h5-14H,3-4,15-16H2,1-2H3. The quantitative estimate of drug-likeness (QED) is 0.651. The van der Waals surface area contributed by atoms with Crippen molar-refractivity contribution >= 4 is 16.8 Å². The molecule has 4 heteroatoms. The summed E-state index contributed by atoms with van der Waals surface area (Å²) in [4.78, 5) is 14.2. The number of benzene rings is 2. The van der Waals surface area contributed by atoms with E-state index in [1.54, 1.807) is 0 Å². The van der Waals surface area contributed by atoms with Crippen LogP contribution in [0.1, 0.15) is 19.4 Å². The van der Waals surface area contributed by atoms with Gasteiger partial charge in [-0.05, 0) is 37.6 Å². The highest BCUT2D eigenvalue weighted by molar-refractivity contribution is 5.88. The summed E-state index contributed by atoms with van der Waals surface area (Å²) in [5, 5.41) is 1.03. The highest BCUT2D eigenvalue weighted by Crippen LogP contribution is 2.27. The van der Waals surface area contributed by atoms with Crippen molar-refractivity contribution < 1.29 is 9.53 Å². The fraction of sp³-hybridized carbons (Fsp3) is 0.286. The summed E-state index contributed by atoms with van der Waals surface area (Å²) < 4.78 is 8.00. The fourth-order valence-corrected chi connectivity index (χ4v) is 3.02. The van der Waals surface area contributed by atoms with Gasteiger partial charge in [0.1, 0.15) is 18.9 Å². The summed E-state index contributed by atoms with van der Waals surface area (Å²) >= 11 is 0. The largest absolute Gasteiger partial charge is 0.488 e. The highest BCUT2D eigenvalue weighted by atomic mass is 16.5. The van der Waals surface area contributed by atoms with E-state index in [-0.39, 0.29) is 5.91 Å². The summed E-state index contributed by atoms with van der Waals surface area (Å²) in [6, 6.07) is 18.1. The lowest BCUT2D eigenvalue weighted by molar-refractivity contribution is -0.131. The van der Waals surface area contributed by atoms with Crippen LogP contribution in [0, 0.1) is 0 Å². The predicted molar refractivity (Wildman–Crippen MR) is 101 cm³/mol. The Balaban J connectivity index is 1.79. The van der Waals surface area contributed by atoms with E-state index >= 15 is 0 Å². The van der Waals surface area contributed by atoms with Crippen LogP contribution in [0.3, 0.4) is 0 Å². The lowest BCUT2D eigenvalue weighted by atomic mass is 10.2. The van der Waals surface area contributed by atoms with Crippen molar-refractivity contribution in [3.8, 4) is 5.75 Å². The number of amides is 1. The molecular formula is C21H24N2O2. The summed E-state index contributed by atoms with van der Waals surface area (Å²) in [5.74, 6) is 0.980. The third-order valence-corrected chi connectivity index (χ3v) is 4.43. The zero-order chi connectivity index (χ0) is 17.6. The van der Waals surface area contributed by atoms with Gasteiger partial charge < -0.3 is 14.2 Å². The van der Waals surface area contributed by atoms with E-state index in [4.69, 9.17) is 4.74 Å². The Bertz CT molecular complexity index is 835. The Labute approximate surface area is 148 Å². The monoisotopic (exact) mass is 336 g/mol. The molecule has 4 nitrogen and oxygen atoms in total. The Morgan fingerprint density at radius 3 is 2.48 bits per heavy atom.